The topological polar surface area (TPSA) is 29.1 Å². The molecule has 1 amide bonds. The fraction of sp³-hybridized carbons (Fsp3) is 0.417. The highest BCUT2D eigenvalue weighted by atomic mass is 16.1. The summed E-state index contributed by atoms with van der Waals surface area (Å²) in [4.78, 5) is 11.4. The van der Waals surface area contributed by atoms with E-state index in [0.717, 1.165) is 6.42 Å². The molecule has 14 heavy (non-hydrogen) atoms. The first-order valence-corrected chi connectivity index (χ1v) is 4.85. The number of hydrogen-bond donors (Lipinski definition) is 1. The molecule has 0 saturated heterocycles. The summed E-state index contributed by atoms with van der Waals surface area (Å²) in [5.41, 5.74) is 0.559. The van der Waals surface area contributed by atoms with E-state index in [1.165, 1.54) is 6.08 Å². The molecule has 1 N–H and O–H groups in total. The van der Waals surface area contributed by atoms with Gasteiger partial charge in [0.15, 0.2) is 0 Å². The minimum atomic E-state index is -0.0828. The van der Waals surface area contributed by atoms with Gasteiger partial charge in [0.2, 0.25) is 0 Å². The molecule has 0 aliphatic rings. The number of hydrogen-bond acceptors (Lipinski definition) is 1. The molecule has 0 aromatic rings. The Bertz CT molecular complexity index is 239. The van der Waals surface area contributed by atoms with Crippen molar-refractivity contribution in [2.45, 2.75) is 20.3 Å². The Morgan fingerprint density at radius 1 is 1.43 bits per heavy atom. The van der Waals surface area contributed by atoms with Crippen LogP contribution in [-0.4, -0.2) is 12.5 Å². The molecule has 0 fully saturated rings. The van der Waals surface area contributed by atoms with Crippen LogP contribution in [0.1, 0.15) is 20.3 Å². The number of allylic oxidation sites excluding steroid dienone is 2. The molecule has 0 spiro atoms. The molecule has 2 nitrogen and oxygen atoms in total. The Morgan fingerprint density at radius 3 is 2.50 bits per heavy atom. The average Bonchev–Trinajstić information content (AvgIpc) is 2.13. The molecular formula is C12H19NO. The van der Waals surface area contributed by atoms with E-state index >= 15 is 0 Å². The zero-order valence-corrected chi connectivity index (χ0v) is 9.05. The third-order valence-corrected chi connectivity index (χ3v) is 1.79. The van der Waals surface area contributed by atoms with Gasteiger partial charge in [0.05, 0.1) is 0 Å². The molecule has 78 valence electrons. The Labute approximate surface area is 86.4 Å². The summed E-state index contributed by atoms with van der Waals surface area (Å²) in [6, 6.07) is 0. The predicted molar refractivity (Wildman–Crippen MR) is 60.9 cm³/mol. The maximum absolute atomic E-state index is 11.4. The standard InChI is InChI=1S/C12H19NO/c1-5-7-11(6-2)12(14)13-9-8-10(3)4/h5-7,10H,1-2,8-9H2,3-4H3,(H,13,14)/b11-7+. The highest BCUT2D eigenvalue weighted by Crippen LogP contribution is 1.99. The lowest BCUT2D eigenvalue weighted by Gasteiger charge is -2.07. The normalized spacial score (nSPS) is 11.2. The van der Waals surface area contributed by atoms with Crippen molar-refractivity contribution in [1.29, 1.82) is 0 Å². The molecule has 0 unspecified atom stereocenters. The molecule has 0 rings (SSSR count). The van der Waals surface area contributed by atoms with Gasteiger partial charge in [-0.25, -0.2) is 0 Å². The predicted octanol–water partition coefficient (Wildman–Crippen LogP) is 2.45. The minimum Gasteiger partial charge on any atom is -0.352 e. The first kappa shape index (κ1) is 12.7. The van der Waals surface area contributed by atoms with Crippen molar-refractivity contribution in [3.8, 4) is 0 Å². The number of carbonyl (C=O) groups is 1. The highest BCUT2D eigenvalue weighted by Gasteiger charge is 2.03. The van der Waals surface area contributed by atoms with Gasteiger partial charge in [-0.05, 0) is 12.3 Å². The van der Waals surface area contributed by atoms with E-state index in [1.807, 2.05) is 0 Å². The molecule has 0 saturated carbocycles. The third-order valence-electron chi connectivity index (χ3n) is 1.79. The van der Waals surface area contributed by atoms with Gasteiger partial charge < -0.3 is 5.32 Å². The van der Waals surface area contributed by atoms with E-state index < -0.39 is 0 Å². The highest BCUT2D eigenvalue weighted by molar-refractivity contribution is 5.96. The van der Waals surface area contributed by atoms with Crippen molar-refractivity contribution in [3.05, 3.63) is 37.0 Å². The lowest BCUT2D eigenvalue weighted by atomic mass is 10.1. The second-order valence-electron chi connectivity index (χ2n) is 3.50. The number of carbonyl (C=O) groups excluding carboxylic acids is 1. The SMILES string of the molecule is C=C/C=C(\C=C)C(=O)NCCC(C)C. The summed E-state index contributed by atoms with van der Waals surface area (Å²) in [5.74, 6) is 0.520. The van der Waals surface area contributed by atoms with Crippen LogP contribution in [0.3, 0.4) is 0 Å². The maximum atomic E-state index is 11.4. The van der Waals surface area contributed by atoms with Crippen molar-refractivity contribution < 1.29 is 4.79 Å². The molecule has 0 aliphatic carbocycles. The Morgan fingerprint density at radius 2 is 2.07 bits per heavy atom. The molecule has 2 heteroatoms. The van der Waals surface area contributed by atoms with Crippen LogP contribution in [0.25, 0.3) is 0 Å². The molecule has 0 radical (unpaired) electrons. The van der Waals surface area contributed by atoms with Gasteiger partial charge in [-0.1, -0.05) is 45.2 Å². The number of nitrogens with one attached hydrogen (secondary N) is 1. The van der Waals surface area contributed by atoms with E-state index in [9.17, 15) is 4.79 Å². The van der Waals surface area contributed by atoms with Crippen LogP contribution in [0.15, 0.2) is 37.0 Å². The van der Waals surface area contributed by atoms with E-state index in [2.05, 4.69) is 32.3 Å². The van der Waals surface area contributed by atoms with Crippen LogP contribution in [0.2, 0.25) is 0 Å². The van der Waals surface area contributed by atoms with Crippen molar-refractivity contribution in [3.63, 3.8) is 0 Å². The molecule has 0 aromatic heterocycles. The summed E-state index contributed by atoms with van der Waals surface area (Å²) < 4.78 is 0. The Kier molecular flexibility index (Phi) is 6.46. The maximum Gasteiger partial charge on any atom is 0.251 e. The monoisotopic (exact) mass is 193 g/mol. The van der Waals surface area contributed by atoms with Crippen LogP contribution in [-0.2, 0) is 4.79 Å². The summed E-state index contributed by atoms with van der Waals surface area (Å²) in [6.07, 6.45) is 5.76. The minimum absolute atomic E-state index is 0.0828. The van der Waals surface area contributed by atoms with Crippen LogP contribution >= 0.6 is 0 Å². The van der Waals surface area contributed by atoms with Crippen LogP contribution in [0.5, 0.6) is 0 Å². The zero-order valence-electron chi connectivity index (χ0n) is 9.05. The van der Waals surface area contributed by atoms with E-state index in [1.54, 1.807) is 12.2 Å². The zero-order chi connectivity index (χ0) is 11.0. The Balaban J connectivity index is 4.00. The van der Waals surface area contributed by atoms with Crippen LogP contribution in [0.4, 0.5) is 0 Å². The van der Waals surface area contributed by atoms with E-state index in [0.29, 0.717) is 18.0 Å². The first-order valence-electron chi connectivity index (χ1n) is 4.85. The van der Waals surface area contributed by atoms with Crippen molar-refractivity contribution in [1.82, 2.24) is 5.32 Å². The second-order valence-corrected chi connectivity index (χ2v) is 3.50. The first-order chi connectivity index (χ1) is 6.61. The molecule has 0 atom stereocenters. The van der Waals surface area contributed by atoms with Gasteiger partial charge in [-0.15, -0.1) is 0 Å². The van der Waals surface area contributed by atoms with Crippen LogP contribution < -0.4 is 5.32 Å². The molecular weight excluding hydrogens is 174 g/mol. The molecule has 0 aliphatic heterocycles. The van der Waals surface area contributed by atoms with E-state index in [4.69, 9.17) is 0 Å². The molecule has 0 heterocycles. The summed E-state index contributed by atoms with van der Waals surface area (Å²) >= 11 is 0. The van der Waals surface area contributed by atoms with Crippen molar-refractivity contribution in [2.75, 3.05) is 6.54 Å². The average molecular weight is 193 g/mol. The van der Waals surface area contributed by atoms with Crippen LogP contribution in [0, 0.1) is 5.92 Å². The van der Waals surface area contributed by atoms with Gasteiger partial charge in [0.1, 0.15) is 0 Å². The summed E-state index contributed by atoms with van der Waals surface area (Å²) in [5, 5.41) is 2.82. The van der Waals surface area contributed by atoms with E-state index in [-0.39, 0.29) is 5.91 Å². The van der Waals surface area contributed by atoms with Gasteiger partial charge >= 0.3 is 0 Å². The third kappa shape index (κ3) is 5.36. The number of amides is 1. The second kappa shape index (κ2) is 7.13. The van der Waals surface area contributed by atoms with Crippen molar-refractivity contribution >= 4 is 5.91 Å². The summed E-state index contributed by atoms with van der Waals surface area (Å²) in [7, 11) is 0. The number of rotatable bonds is 6. The van der Waals surface area contributed by atoms with Gasteiger partial charge in [0, 0.05) is 12.1 Å². The molecule has 0 bridgehead atoms. The fourth-order valence-corrected chi connectivity index (χ4v) is 0.940. The lowest BCUT2D eigenvalue weighted by molar-refractivity contribution is -0.117. The van der Waals surface area contributed by atoms with Crippen molar-refractivity contribution in [2.24, 2.45) is 5.92 Å². The van der Waals surface area contributed by atoms with Gasteiger partial charge in [0.25, 0.3) is 5.91 Å². The smallest absolute Gasteiger partial charge is 0.251 e. The Hall–Kier alpha value is -1.31. The lowest BCUT2D eigenvalue weighted by Crippen LogP contribution is -2.26. The quantitative estimate of drug-likeness (QED) is 0.509. The largest absolute Gasteiger partial charge is 0.352 e. The van der Waals surface area contributed by atoms with Gasteiger partial charge in [-0.2, -0.15) is 0 Å². The summed E-state index contributed by atoms with van der Waals surface area (Å²) in [6.45, 7) is 12.1. The molecule has 0 aromatic carbocycles. The fourth-order valence-electron chi connectivity index (χ4n) is 0.940. The van der Waals surface area contributed by atoms with Gasteiger partial charge in [-0.3, -0.25) is 4.79 Å².